The van der Waals surface area contributed by atoms with Gasteiger partial charge in [-0.2, -0.15) is 0 Å². The molecule has 0 bridgehead atoms. The van der Waals surface area contributed by atoms with Crippen molar-refractivity contribution in [3.8, 4) is 5.75 Å². The van der Waals surface area contributed by atoms with Crippen LogP contribution in [0.4, 0.5) is 0 Å². The van der Waals surface area contributed by atoms with Gasteiger partial charge in [-0.3, -0.25) is 0 Å². The zero-order chi connectivity index (χ0) is 19.1. The van der Waals surface area contributed by atoms with Gasteiger partial charge in [0.15, 0.2) is 0 Å². The van der Waals surface area contributed by atoms with E-state index in [0.29, 0.717) is 11.1 Å². The van der Waals surface area contributed by atoms with Crippen LogP contribution in [0.1, 0.15) is 10.4 Å². The summed E-state index contributed by atoms with van der Waals surface area (Å²) in [5, 5.41) is 4.54. The van der Waals surface area contributed by atoms with Gasteiger partial charge in [0.05, 0.1) is 5.56 Å². The van der Waals surface area contributed by atoms with Gasteiger partial charge in [-0.1, -0.05) is 66.7 Å². The SMILES string of the molecule is O=C(Oc1cc2c3ccccc3c3ccccc3c2oc1=O)c1ccccc1. The van der Waals surface area contributed by atoms with Gasteiger partial charge < -0.3 is 9.15 Å². The summed E-state index contributed by atoms with van der Waals surface area (Å²) < 4.78 is 11.0. The molecular weight excluding hydrogens is 352 g/mol. The monoisotopic (exact) mass is 366 g/mol. The molecule has 0 saturated heterocycles. The Kier molecular flexibility index (Phi) is 3.69. The Bertz CT molecular complexity index is 1420. The second kappa shape index (κ2) is 6.35. The number of ether oxygens (including phenoxy) is 1. The van der Waals surface area contributed by atoms with Crippen molar-refractivity contribution in [3.63, 3.8) is 0 Å². The van der Waals surface area contributed by atoms with Gasteiger partial charge in [0.1, 0.15) is 5.58 Å². The van der Waals surface area contributed by atoms with Crippen molar-refractivity contribution in [3.05, 3.63) is 101 Å². The van der Waals surface area contributed by atoms with E-state index in [0.717, 1.165) is 26.9 Å². The van der Waals surface area contributed by atoms with Crippen LogP contribution in [0.5, 0.6) is 5.75 Å². The minimum atomic E-state index is -0.683. The Balaban J connectivity index is 1.76. The lowest BCUT2D eigenvalue weighted by molar-refractivity contribution is 0.0729. The molecule has 0 spiro atoms. The first-order valence-electron chi connectivity index (χ1n) is 8.87. The van der Waals surface area contributed by atoms with Gasteiger partial charge in [-0.25, -0.2) is 9.59 Å². The zero-order valence-electron chi connectivity index (χ0n) is 14.7. The molecule has 0 aliphatic rings. The molecule has 0 aliphatic carbocycles. The molecule has 0 unspecified atom stereocenters. The average molecular weight is 366 g/mol. The molecule has 0 aliphatic heterocycles. The number of carbonyl (C=O) groups excluding carboxylic acids is 1. The highest BCUT2D eigenvalue weighted by molar-refractivity contribution is 6.23. The average Bonchev–Trinajstić information content (AvgIpc) is 2.75. The van der Waals surface area contributed by atoms with Crippen molar-refractivity contribution in [2.75, 3.05) is 0 Å². The molecule has 4 nitrogen and oxygen atoms in total. The third kappa shape index (κ3) is 2.55. The van der Waals surface area contributed by atoms with Crippen molar-refractivity contribution < 1.29 is 13.9 Å². The fraction of sp³-hybridized carbons (Fsp3) is 0. The van der Waals surface area contributed by atoms with Gasteiger partial charge in [-0.15, -0.1) is 0 Å². The van der Waals surface area contributed by atoms with E-state index in [1.165, 1.54) is 0 Å². The Labute approximate surface area is 159 Å². The van der Waals surface area contributed by atoms with Crippen LogP contribution in [0.15, 0.2) is 94.1 Å². The van der Waals surface area contributed by atoms with Crippen LogP contribution in [-0.4, -0.2) is 5.97 Å². The highest BCUT2D eigenvalue weighted by Gasteiger charge is 2.16. The van der Waals surface area contributed by atoms with Gasteiger partial charge in [0.25, 0.3) is 0 Å². The molecule has 0 N–H and O–H groups in total. The fourth-order valence-corrected chi connectivity index (χ4v) is 3.53. The van der Waals surface area contributed by atoms with Crippen molar-refractivity contribution >= 4 is 38.5 Å². The molecule has 4 aromatic carbocycles. The maximum absolute atomic E-state index is 12.5. The minimum Gasteiger partial charge on any atom is -0.419 e. The molecule has 0 amide bonds. The Morgan fingerprint density at radius 2 is 1.21 bits per heavy atom. The second-order valence-corrected chi connectivity index (χ2v) is 6.49. The van der Waals surface area contributed by atoms with Crippen LogP contribution in [0, 0.1) is 0 Å². The number of rotatable bonds is 2. The van der Waals surface area contributed by atoms with E-state index >= 15 is 0 Å². The van der Waals surface area contributed by atoms with Crippen molar-refractivity contribution in [1.82, 2.24) is 0 Å². The van der Waals surface area contributed by atoms with Gasteiger partial charge in [-0.05, 0) is 28.3 Å². The van der Waals surface area contributed by atoms with Crippen LogP contribution in [0.3, 0.4) is 0 Å². The molecule has 1 aromatic heterocycles. The molecule has 0 saturated carbocycles. The quantitative estimate of drug-likeness (QED) is 0.241. The van der Waals surface area contributed by atoms with E-state index in [-0.39, 0.29) is 5.75 Å². The van der Waals surface area contributed by atoms with E-state index in [1.54, 1.807) is 36.4 Å². The third-order valence-corrected chi connectivity index (χ3v) is 4.81. The lowest BCUT2D eigenvalue weighted by Crippen LogP contribution is -2.14. The second-order valence-electron chi connectivity index (χ2n) is 6.49. The van der Waals surface area contributed by atoms with Gasteiger partial charge in [0, 0.05) is 16.8 Å². The first-order valence-corrected chi connectivity index (χ1v) is 8.87. The standard InChI is InChI=1S/C24H14O4/c25-23(15-8-2-1-3-9-15)27-21-14-20-18-12-5-4-10-16(18)17-11-6-7-13-19(17)22(20)28-24(21)26/h1-14H. The number of benzene rings is 4. The van der Waals surface area contributed by atoms with E-state index in [4.69, 9.17) is 9.15 Å². The number of fused-ring (bicyclic) bond motifs is 6. The maximum Gasteiger partial charge on any atom is 0.379 e. The highest BCUT2D eigenvalue weighted by atomic mass is 16.5. The number of esters is 1. The lowest BCUT2D eigenvalue weighted by atomic mass is 9.98. The predicted molar refractivity (Wildman–Crippen MR) is 109 cm³/mol. The minimum absolute atomic E-state index is 0.123. The third-order valence-electron chi connectivity index (χ3n) is 4.81. The Hall–Kier alpha value is -3.92. The maximum atomic E-state index is 12.5. The van der Waals surface area contributed by atoms with Crippen LogP contribution < -0.4 is 10.4 Å². The van der Waals surface area contributed by atoms with Crippen LogP contribution >= 0.6 is 0 Å². The number of hydrogen-bond donors (Lipinski definition) is 0. The molecule has 1 heterocycles. The van der Waals surface area contributed by atoms with Gasteiger partial charge in [0.2, 0.25) is 5.75 Å². The fourth-order valence-electron chi connectivity index (χ4n) is 3.53. The molecular formula is C24H14O4. The summed E-state index contributed by atoms with van der Waals surface area (Å²) in [5.41, 5.74) is 0.168. The van der Waals surface area contributed by atoms with E-state index in [2.05, 4.69) is 0 Å². The first kappa shape index (κ1) is 16.3. The molecule has 0 atom stereocenters. The largest absolute Gasteiger partial charge is 0.419 e. The Morgan fingerprint density at radius 3 is 1.89 bits per heavy atom. The van der Waals surface area contributed by atoms with Gasteiger partial charge >= 0.3 is 11.6 Å². The lowest BCUT2D eigenvalue weighted by Gasteiger charge is -2.10. The highest BCUT2D eigenvalue weighted by Crippen LogP contribution is 2.35. The normalized spacial score (nSPS) is 11.1. The summed E-state index contributed by atoms with van der Waals surface area (Å²) in [6.07, 6.45) is 0. The van der Waals surface area contributed by atoms with Crippen LogP contribution in [0.2, 0.25) is 0 Å². The molecule has 134 valence electrons. The van der Waals surface area contributed by atoms with Crippen molar-refractivity contribution in [1.29, 1.82) is 0 Å². The van der Waals surface area contributed by atoms with Crippen LogP contribution in [-0.2, 0) is 0 Å². The molecule has 0 fully saturated rings. The molecule has 28 heavy (non-hydrogen) atoms. The van der Waals surface area contributed by atoms with E-state index < -0.39 is 11.6 Å². The number of hydrogen-bond acceptors (Lipinski definition) is 4. The molecule has 0 radical (unpaired) electrons. The molecule has 5 rings (SSSR count). The summed E-state index contributed by atoms with van der Waals surface area (Å²) in [5.74, 6) is -0.723. The zero-order valence-corrected chi connectivity index (χ0v) is 14.7. The number of carbonyl (C=O) groups is 1. The molecule has 5 aromatic rings. The summed E-state index contributed by atoms with van der Waals surface area (Å²) in [7, 11) is 0. The smallest absolute Gasteiger partial charge is 0.379 e. The topological polar surface area (TPSA) is 56.5 Å². The summed E-state index contributed by atoms with van der Waals surface area (Å²) in [6, 6.07) is 25.8. The Morgan fingerprint density at radius 1 is 0.679 bits per heavy atom. The first-order chi connectivity index (χ1) is 13.7. The van der Waals surface area contributed by atoms with Crippen molar-refractivity contribution in [2.24, 2.45) is 0 Å². The molecule has 4 heteroatoms. The van der Waals surface area contributed by atoms with E-state index in [1.807, 2.05) is 48.5 Å². The predicted octanol–water partition coefficient (Wildman–Crippen LogP) is 5.32. The van der Waals surface area contributed by atoms with Crippen LogP contribution in [0.25, 0.3) is 32.5 Å². The summed E-state index contributed by atoms with van der Waals surface area (Å²) >= 11 is 0. The van der Waals surface area contributed by atoms with E-state index in [9.17, 15) is 9.59 Å². The summed E-state index contributed by atoms with van der Waals surface area (Å²) in [4.78, 5) is 24.9. The summed E-state index contributed by atoms with van der Waals surface area (Å²) in [6.45, 7) is 0. The van der Waals surface area contributed by atoms with Crippen molar-refractivity contribution in [2.45, 2.75) is 0 Å².